The zero-order valence-electron chi connectivity index (χ0n) is 19.2. The molecule has 0 bridgehead atoms. The molecule has 0 saturated carbocycles. The highest BCUT2D eigenvalue weighted by Gasteiger charge is 2.35. The third kappa shape index (κ3) is 7.01. The molecule has 0 radical (unpaired) electrons. The number of ketones is 2. The molecule has 0 aliphatic heterocycles. The zero-order chi connectivity index (χ0) is 23.1. The van der Waals surface area contributed by atoms with E-state index in [1.54, 1.807) is 50.2 Å². The van der Waals surface area contributed by atoms with E-state index in [1.807, 2.05) is 39.0 Å². The highest BCUT2D eigenvalue weighted by molar-refractivity contribution is 6.09. The molecule has 5 nitrogen and oxygen atoms in total. The van der Waals surface area contributed by atoms with Gasteiger partial charge in [-0.15, -0.1) is 0 Å². The Morgan fingerprint density at radius 2 is 1.52 bits per heavy atom. The van der Waals surface area contributed by atoms with Gasteiger partial charge in [0, 0.05) is 17.5 Å². The Kier molecular flexibility index (Phi) is 8.54. The number of rotatable bonds is 12. The van der Waals surface area contributed by atoms with Gasteiger partial charge in [-0.3, -0.25) is 9.59 Å². The van der Waals surface area contributed by atoms with Crippen LogP contribution < -0.4 is 4.74 Å². The SMILES string of the molecule is CCC(C)(O)CC(C)OC(C)(CC)C(=O)COc1ccc(C(=O)c2ccccc2)cc1. The summed E-state index contributed by atoms with van der Waals surface area (Å²) in [6.45, 7) is 9.09. The van der Waals surface area contributed by atoms with Gasteiger partial charge in [-0.1, -0.05) is 44.2 Å². The van der Waals surface area contributed by atoms with Crippen molar-refractivity contribution < 1.29 is 24.2 Å². The van der Waals surface area contributed by atoms with E-state index in [1.165, 1.54) is 0 Å². The van der Waals surface area contributed by atoms with Crippen LogP contribution in [0.4, 0.5) is 0 Å². The fourth-order valence-electron chi connectivity index (χ4n) is 3.36. The van der Waals surface area contributed by atoms with Crippen molar-refractivity contribution >= 4 is 11.6 Å². The van der Waals surface area contributed by atoms with E-state index in [9.17, 15) is 14.7 Å². The molecule has 0 heterocycles. The summed E-state index contributed by atoms with van der Waals surface area (Å²) < 4.78 is 11.7. The molecule has 2 aromatic rings. The maximum Gasteiger partial charge on any atom is 0.201 e. The molecule has 3 unspecified atom stereocenters. The van der Waals surface area contributed by atoms with Crippen molar-refractivity contribution in [2.75, 3.05) is 6.61 Å². The van der Waals surface area contributed by atoms with Crippen molar-refractivity contribution in [2.24, 2.45) is 0 Å². The van der Waals surface area contributed by atoms with Crippen molar-refractivity contribution in [2.45, 2.75) is 71.2 Å². The first kappa shape index (κ1) is 24.8. The highest BCUT2D eigenvalue weighted by Crippen LogP contribution is 2.25. The molecule has 0 aliphatic rings. The van der Waals surface area contributed by atoms with Crippen molar-refractivity contribution in [3.8, 4) is 5.75 Å². The second-order valence-corrected chi connectivity index (χ2v) is 8.50. The Bertz CT molecular complexity index is 857. The molecular weight excluding hydrogens is 392 g/mol. The highest BCUT2D eigenvalue weighted by atomic mass is 16.5. The molecule has 0 fully saturated rings. The van der Waals surface area contributed by atoms with Gasteiger partial charge in [0.2, 0.25) is 5.78 Å². The molecule has 0 aliphatic carbocycles. The molecule has 1 N–H and O–H groups in total. The lowest BCUT2D eigenvalue weighted by Gasteiger charge is -2.33. The predicted octanol–water partition coefficient (Wildman–Crippen LogP) is 4.99. The number of hydrogen-bond donors (Lipinski definition) is 1. The molecule has 0 saturated heterocycles. The smallest absolute Gasteiger partial charge is 0.201 e. The average molecular weight is 427 g/mol. The lowest BCUT2D eigenvalue weighted by atomic mass is 9.94. The van der Waals surface area contributed by atoms with Gasteiger partial charge in [0.1, 0.15) is 18.0 Å². The van der Waals surface area contributed by atoms with Gasteiger partial charge >= 0.3 is 0 Å². The van der Waals surface area contributed by atoms with Gasteiger partial charge in [0.15, 0.2) is 5.78 Å². The lowest BCUT2D eigenvalue weighted by molar-refractivity contribution is -0.156. The van der Waals surface area contributed by atoms with Crippen LogP contribution in [0.15, 0.2) is 54.6 Å². The zero-order valence-corrected chi connectivity index (χ0v) is 19.2. The number of aliphatic hydroxyl groups is 1. The van der Waals surface area contributed by atoms with Crippen LogP contribution in [0.5, 0.6) is 5.75 Å². The molecular formula is C26H34O5. The first-order valence-electron chi connectivity index (χ1n) is 10.9. The second kappa shape index (κ2) is 10.7. The van der Waals surface area contributed by atoms with Crippen molar-refractivity contribution in [1.29, 1.82) is 0 Å². The van der Waals surface area contributed by atoms with E-state index in [0.29, 0.717) is 36.1 Å². The van der Waals surface area contributed by atoms with Gasteiger partial charge in [0.25, 0.3) is 0 Å². The van der Waals surface area contributed by atoms with E-state index >= 15 is 0 Å². The molecule has 3 atom stereocenters. The molecule has 0 amide bonds. The Hall–Kier alpha value is -2.50. The first-order valence-corrected chi connectivity index (χ1v) is 10.9. The van der Waals surface area contributed by atoms with Crippen LogP contribution in [0.3, 0.4) is 0 Å². The summed E-state index contributed by atoms with van der Waals surface area (Å²) in [7, 11) is 0. The van der Waals surface area contributed by atoms with E-state index in [-0.39, 0.29) is 24.3 Å². The lowest BCUT2D eigenvalue weighted by Crippen LogP contribution is -2.44. The van der Waals surface area contributed by atoms with E-state index in [4.69, 9.17) is 9.47 Å². The topological polar surface area (TPSA) is 72.8 Å². The average Bonchev–Trinajstić information content (AvgIpc) is 2.77. The van der Waals surface area contributed by atoms with Crippen LogP contribution in [-0.4, -0.2) is 40.6 Å². The molecule has 0 aromatic heterocycles. The van der Waals surface area contributed by atoms with Crippen LogP contribution in [0.1, 0.15) is 69.8 Å². The third-order valence-electron chi connectivity index (χ3n) is 5.74. The number of hydrogen-bond acceptors (Lipinski definition) is 5. The van der Waals surface area contributed by atoms with E-state index in [2.05, 4.69) is 0 Å². The van der Waals surface area contributed by atoms with Gasteiger partial charge in [-0.25, -0.2) is 0 Å². The molecule has 5 heteroatoms. The van der Waals surface area contributed by atoms with Gasteiger partial charge in [0.05, 0.1) is 11.7 Å². The van der Waals surface area contributed by atoms with Crippen LogP contribution in [0.25, 0.3) is 0 Å². The van der Waals surface area contributed by atoms with Crippen LogP contribution in [0.2, 0.25) is 0 Å². The molecule has 31 heavy (non-hydrogen) atoms. The third-order valence-corrected chi connectivity index (χ3v) is 5.74. The van der Waals surface area contributed by atoms with Crippen LogP contribution >= 0.6 is 0 Å². The standard InChI is InChI=1S/C26H34O5/c1-6-25(4,29)17-19(3)31-26(5,7-2)23(27)18-30-22-15-13-21(14-16-22)24(28)20-11-9-8-10-12-20/h8-16,19,29H,6-7,17-18H2,1-5H3. The van der Waals surface area contributed by atoms with Gasteiger partial charge in [-0.2, -0.15) is 0 Å². The van der Waals surface area contributed by atoms with Gasteiger partial charge in [-0.05, 0) is 57.9 Å². The van der Waals surface area contributed by atoms with Crippen LogP contribution in [0, 0.1) is 0 Å². The summed E-state index contributed by atoms with van der Waals surface area (Å²) in [5.74, 6) is 0.285. The maximum absolute atomic E-state index is 12.8. The molecule has 0 spiro atoms. The van der Waals surface area contributed by atoms with Gasteiger partial charge < -0.3 is 14.6 Å². The number of carbonyl (C=O) groups is 2. The van der Waals surface area contributed by atoms with E-state index in [0.717, 1.165) is 0 Å². The molecule has 2 aromatic carbocycles. The normalized spacial score (nSPS) is 16.1. The number of ether oxygens (including phenoxy) is 2. The van der Waals surface area contributed by atoms with Crippen molar-refractivity contribution in [1.82, 2.24) is 0 Å². The molecule has 168 valence electrons. The quantitative estimate of drug-likeness (QED) is 0.484. The number of Topliss-reactive ketones (excluding diaryl/α,β-unsaturated/α-hetero) is 1. The largest absolute Gasteiger partial charge is 0.486 e. The molecule has 2 rings (SSSR count). The number of benzene rings is 2. The second-order valence-electron chi connectivity index (χ2n) is 8.50. The fraction of sp³-hybridized carbons (Fsp3) is 0.462. The Labute approximate surface area is 185 Å². The summed E-state index contributed by atoms with van der Waals surface area (Å²) in [5, 5.41) is 10.3. The summed E-state index contributed by atoms with van der Waals surface area (Å²) >= 11 is 0. The summed E-state index contributed by atoms with van der Waals surface area (Å²) in [6, 6.07) is 15.8. The number of carbonyl (C=O) groups excluding carboxylic acids is 2. The van der Waals surface area contributed by atoms with Crippen molar-refractivity contribution in [3.05, 3.63) is 65.7 Å². The van der Waals surface area contributed by atoms with Crippen LogP contribution in [-0.2, 0) is 9.53 Å². The van der Waals surface area contributed by atoms with E-state index < -0.39 is 11.2 Å². The minimum Gasteiger partial charge on any atom is -0.486 e. The fourth-order valence-corrected chi connectivity index (χ4v) is 3.36. The monoisotopic (exact) mass is 426 g/mol. The summed E-state index contributed by atoms with van der Waals surface area (Å²) in [5.41, 5.74) is -0.638. The summed E-state index contributed by atoms with van der Waals surface area (Å²) in [6.07, 6.45) is 1.29. The Morgan fingerprint density at radius 1 is 0.935 bits per heavy atom. The predicted molar refractivity (Wildman–Crippen MR) is 122 cm³/mol. The Balaban J connectivity index is 1.96. The minimum absolute atomic E-state index is 0.0628. The Morgan fingerprint density at radius 3 is 2.06 bits per heavy atom. The summed E-state index contributed by atoms with van der Waals surface area (Å²) in [4.78, 5) is 25.3. The van der Waals surface area contributed by atoms with Crippen molar-refractivity contribution in [3.63, 3.8) is 0 Å². The first-order chi connectivity index (χ1) is 14.6. The minimum atomic E-state index is -0.994. The maximum atomic E-state index is 12.8.